The van der Waals surface area contributed by atoms with Crippen LogP contribution in [0.25, 0.3) is 11.0 Å². The molecule has 2 aromatic rings. The quantitative estimate of drug-likeness (QED) is 0.904. The van der Waals surface area contributed by atoms with Crippen LogP contribution in [0, 0.1) is 6.92 Å². The number of carbonyl (C=O) groups is 1. The summed E-state index contributed by atoms with van der Waals surface area (Å²) in [5, 5.41) is 9.37. The Hall–Kier alpha value is -2.10. The third-order valence-corrected chi connectivity index (χ3v) is 2.95. The van der Waals surface area contributed by atoms with E-state index < -0.39 is 5.97 Å². The minimum Gasteiger partial charge on any atom is -0.475 e. The molecule has 0 amide bonds. The van der Waals surface area contributed by atoms with E-state index in [2.05, 4.69) is 0 Å². The third-order valence-electron chi connectivity index (χ3n) is 2.95. The Morgan fingerprint density at radius 2 is 2.11 bits per heavy atom. The molecule has 0 aliphatic heterocycles. The molecule has 4 heteroatoms. The van der Waals surface area contributed by atoms with E-state index >= 15 is 0 Å². The largest absolute Gasteiger partial charge is 0.475 e. The topological polar surface area (TPSA) is 67.5 Å². The number of hydrogen-bond acceptors (Lipinski definition) is 3. The molecule has 0 spiro atoms. The molecule has 1 aromatic heterocycles. The van der Waals surface area contributed by atoms with Crippen LogP contribution in [0.4, 0.5) is 0 Å². The Labute approximate surface area is 104 Å². The highest BCUT2D eigenvalue weighted by atomic mass is 16.4. The van der Waals surface area contributed by atoms with Crippen molar-refractivity contribution in [3.63, 3.8) is 0 Å². The summed E-state index contributed by atoms with van der Waals surface area (Å²) in [6, 6.07) is 4.57. The Kier molecular flexibility index (Phi) is 3.19. The van der Waals surface area contributed by atoms with Gasteiger partial charge in [-0.15, -0.1) is 0 Å². The van der Waals surface area contributed by atoms with Crippen molar-refractivity contribution in [1.29, 1.82) is 0 Å². The Balaban J connectivity index is 2.85. The van der Waals surface area contributed by atoms with Gasteiger partial charge in [-0.25, -0.2) is 4.79 Å². The highest BCUT2D eigenvalue weighted by molar-refractivity contribution is 5.88. The van der Waals surface area contributed by atoms with Gasteiger partial charge >= 0.3 is 5.97 Å². The van der Waals surface area contributed by atoms with Crippen molar-refractivity contribution in [2.24, 2.45) is 0 Å². The molecule has 1 heterocycles. The average Bonchev–Trinajstić information content (AvgIpc) is 2.32. The lowest BCUT2D eigenvalue weighted by atomic mass is 10.0. The van der Waals surface area contributed by atoms with E-state index in [0.29, 0.717) is 11.0 Å². The second-order valence-electron chi connectivity index (χ2n) is 4.27. The molecule has 0 bridgehead atoms. The van der Waals surface area contributed by atoms with E-state index in [1.54, 1.807) is 6.07 Å². The summed E-state index contributed by atoms with van der Waals surface area (Å²) >= 11 is 0. The number of carboxylic acid groups (broad SMARTS) is 1. The maximum absolute atomic E-state index is 11.8. The Morgan fingerprint density at radius 3 is 2.72 bits per heavy atom. The molecule has 0 atom stereocenters. The zero-order valence-corrected chi connectivity index (χ0v) is 10.3. The van der Waals surface area contributed by atoms with Gasteiger partial charge in [0.05, 0.1) is 5.39 Å². The summed E-state index contributed by atoms with van der Waals surface area (Å²) in [5.74, 6) is -1.53. The van der Waals surface area contributed by atoms with E-state index in [-0.39, 0.29) is 11.2 Å². The van der Waals surface area contributed by atoms with E-state index in [1.165, 1.54) is 0 Å². The normalized spacial score (nSPS) is 10.8. The Bertz CT molecular complexity index is 667. The van der Waals surface area contributed by atoms with Gasteiger partial charge in [0.25, 0.3) is 0 Å². The van der Waals surface area contributed by atoms with Crippen LogP contribution in [-0.2, 0) is 6.42 Å². The van der Waals surface area contributed by atoms with Gasteiger partial charge in [0.2, 0.25) is 5.76 Å². The van der Waals surface area contributed by atoms with Gasteiger partial charge in [-0.3, -0.25) is 4.79 Å². The lowest BCUT2D eigenvalue weighted by Gasteiger charge is -2.08. The molecule has 0 fully saturated rings. The van der Waals surface area contributed by atoms with Crippen LogP contribution in [0.2, 0.25) is 0 Å². The molecule has 2 rings (SSSR count). The molecule has 0 aliphatic rings. The number of rotatable bonds is 3. The standard InChI is InChI=1S/C14H14O4/c1-3-4-9-8(2)5-6-10-11(15)7-12(14(16)17)18-13(9)10/h5-7H,3-4H2,1-2H3,(H,16,17). The van der Waals surface area contributed by atoms with E-state index in [4.69, 9.17) is 9.52 Å². The summed E-state index contributed by atoms with van der Waals surface area (Å²) in [7, 11) is 0. The van der Waals surface area contributed by atoms with E-state index in [0.717, 1.165) is 30.0 Å². The summed E-state index contributed by atoms with van der Waals surface area (Å²) in [6.07, 6.45) is 1.66. The van der Waals surface area contributed by atoms with E-state index in [9.17, 15) is 9.59 Å². The fourth-order valence-electron chi connectivity index (χ4n) is 2.04. The molecule has 4 nitrogen and oxygen atoms in total. The third kappa shape index (κ3) is 2.01. The van der Waals surface area contributed by atoms with Crippen LogP contribution in [0.5, 0.6) is 0 Å². The van der Waals surface area contributed by atoms with Crippen molar-refractivity contribution in [3.05, 3.63) is 45.3 Å². The highest BCUT2D eigenvalue weighted by Gasteiger charge is 2.14. The van der Waals surface area contributed by atoms with Crippen LogP contribution in [0.3, 0.4) is 0 Å². The van der Waals surface area contributed by atoms with Crippen LogP contribution < -0.4 is 5.43 Å². The maximum Gasteiger partial charge on any atom is 0.371 e. The van der Waals surface area contributed by atoms with Gasteiger partial charge in [-0.1, -0.05) is 19.4 Å². The molecule has 0 saturated heterocycles. The van der Waals surface area contributed by atoms with Crippen molar-refractivity contribution in [1.82, 2.24) is 0 Å². The fourth-order valence-corrected chi connectivity index (χ4v) is 2.04. The fraction of sp³-hybridized carbons (Fsp3) is 0.286. The zero-order chi connectivity index (χ0) is 13.3. The molecular formula is C14H14O4. The second kappa shape index (κ2) is 4.64. The molecule has 0 radical (unpaired) electrons. The van der Waals surface area contributed by atoms with Crippen LogP contribution in [-0.4, -0.2) is 11.1 Å². The van der Waals surface area contributed by atoms with Gasteiger partial charge in [0.15, 0.2) is 5.43 Å². The number of benzene rings is 1. The number of hydrogen-bond donors (Lipinski definition) is 1. The van der Waals surface area contributed by atoms with Crippen LogP contribution >= 0.6 is 0 Å². The first-order chi connectivity index (χ1) is 8.54. The number of aromatic carboxylic acids is 1. The zero-order valence-electron chi connectivity index (χ0n) is 10.3. The van der Waals surface area contributed by atoms with Gasteiger partial charge in [0.1, 0.15) is 5.58 Å². The number of carboxylic acids is 1. The molecule has 0 unspecified atom stereocenters. The molecule has 0 saturated carbocycles. The van der Waals surface area contributed by atoms with Gasteiger partial charge < -0.3 is 9.52 Å². The monoisotopic (exact) mass is 246 g/mol. The van der Waals surface area contributed by atoms with E-state index in [1.807, 2.05) is 19.9 Å². The first-order valence-electron chi connectivity index (χ1n) is 5.84. The summed E-state index contributed by atoms with van der Waals surface area (Å²) in [6.45, 7) is 3.95. The second-order valence-corrected chi connectivity index (χ2v) is 4.27. The average molecular weight is 246 g/mol. The summed E-state index contributed by atoms with van der Waals surface area (Å²) in [4.78, 5) is 22.8. The minimum atomic E-state index is -1.22. The molecule has 94 valence electrons. The maximum atomic E-state index is 11.8. The molecular weight excluding hydrogens is 232 g/mol. The lowest BCUT2D eigenvalue weighted by molar-refractivity contribution is 0.0663. The Morgan fingerprint density at radius 1 is 1.39 bits per heavy atom. The first kappa shape index (κ1) is 12.4. The first-order valence-corrected chi connectivity index (χ1v) is 5.84. The van der Waals surface area contributed by atoms with Crippen LogP contribution in [0.15, 0.2) is 27.4 Å². The summed E-state index contributed by atoms with van der Waals surface area (Å²) < 4.78 is 5.37. The number of fused-ring (bicyclic) bond motifs is 1. The lowest BCUT2D eigenvalue weighted by Crippen LogP contribution is -2.08. The van der Waals surface area contributed by atoms with Crippen molar-refractivity contribution < 1.29 is 14.3 Å². The van der Waals surface area contributed by atoms with Gasteiger partial charge in [-0.05, 0) is 30.5 Å². The van der Waals surface area contributed by atoms with Crippen molar-refractivity contribution in [2.45, 2.75) is 26.7 Å². The highest BCUT2D eigenvalue weighted by Crippen LogP contribution is 2.22. The predicted molar refractivity (Wildman–Crippen MR) is 68.2 cm³/mol. The smallest absolute Gasteiger partial charge is 0.371 e. The number of aryl methyl sites for hydroxylation is 2. The molecule has 1 aromatic carbocycles. The summed E-state index contributed by atoms with van der Waals surface area (Å²) in [5.41, 5.74) is 2.01. The van der Waals surface area contributed by atoms with Gasteiger partial charge in [0, 0.05) is 6.07 Å². The van der Waals surface area contributed by atoms with Crippen LogP contribution in [0.1, 0.15) is 35.0 Å². The molecule has 0 aliphatic carbocycles. The predicted octanol–water partition coefficient (Wildman–Crippen LogP) is 2.75. The van der Waals surface area contributed by atoms with Gasteiger partial charge in [-0.2, -0.15) is 0 Å². The van der Waals surface area contributed by atoms with Crippen molar-refractivity contribution in [3.8, 4) is 0 Å². The minimum absolute atomic E-state index is 0.310. The molecule has 18 heavy (non-hydrogen) atoms. The SMILES string of the molecule is CCCc1c(C)ccc2c(=O)cc(C(=O)O)oc12. The van der Waals surface area contributed by atoms with Crippen molar-refractivity contribution in [2.75, 3.05) is 0 Å². The van der Waals surface area contributed by atoms with Crippen molar-refractivity contribution >= 4 is 16.9 Å². The molecule has 1 N–H and O–H groups in total.